The molecule has 0 radical (unpaired) electrons. The predicted molar refractivity (Wildman–Crippen MR) is 85.3 cm³/mol. The van der Waals surface area contributed by atoms with Crippen molar-refractivity contribution in [1.29, 1.82) is 0 Å². The summed E-state index contributed by atoms with van der Waals surface area (Å²) in [4.78, 5) is 24.0. The lowest BCUT2D eigenvalue weighted by Gasteiger charge is -2.10. The van der Waals surface area contributed by atoms with Gasteiger partial charge < -0.3 is 5.32 Å². The fourth-order valence-corrected chi connectivity index (χ4v) is 2.60. The largest absolute Gasteiger partial charge is 0.471 e. The summed E-state index contributed by atoms with van der Waals surface area (Å²) in [6, 6.07) is 8.04. The molecule has 0 saturated heterocycles. The van der Waals surface area contributed by atoms with E-state index in [1.807, 2.05) is 5.43 Å². The molecule has 144 valence electrons. The topological polar surface area (TPSA) is 104 Å². The van der Waals surface area contributed by atoms with Crippen LogP contribution in [0.5, 0.6) is 0 Å². The number of carbonyl (C=O) groups excluding carboxylic acids is 2. The smallest absolute Gasteiger partial charge is 0.318 e. The molecule has 3 N–H and O–H groups in total. The van der Waals surface area contributed by atoms with Gasteiger partial charge in [-0.2, -0.15) is 13.2 Å². The van der Waals surface area contributed by atoms with Gasteiger partial charge in [0, 0.05) is 11.3 Å². The number of anilines is 1. The number of amides is 2. The van der Waals surface area contributed by atoms with Gasteiger partial charge >= 0.3 is 12.1 Å². The first-order valence-corrected chi connectivity index (χ1v) is 8.53. The third-order valence-corrected chi connectivity index (χ3v) is 4.35. The Bertz CT molecular complexity index is 943. The maximum atomic E-state index is 12.8. The van der Waals surface area contributed by atoms with Crippen LogP contribution < -0.4 is 15.6 Å². The summed E-state index contributed by atoms with van der Waals surface area (Å²) in [7, 11) is -4.24. The number of hydrogen-bond acceptors (Lipinski definition) is 4. The van der Waals surface area contributed by atoms with Gasteiger partial charge in [-0.15, -0.1) is 4.83 Å². The van der Waals surface area contributed by atoms with E-state index in [-0.39, 0.29) is 16.1 Å². The normalized spacial score (nSPS) is 11.7. The van der Waals surface area contributed by atoms with E-state index in [0.29, 0.717) is 0 Å². The molecule has 2 aromatic carbocycles. The Labute approximate surface area is 150 Å². The molecule has 0 saturated carbocycles. The van der Waals surface area contributed by atoms with Crippen molar-refractivity contribution < 1.29 is 35.6 Å². The van der Waals surface area contributed by atoms with Crippen LogP contribution in [0.3, 0.4) is 0 Å². The number of carbonyl (C=O) groups is 2. The monoisotopic (exact) mass is 405 g/mol. The van der Waals surface area contributed by atoms with E-state index in [1.165, 1.54) is 0 Å². The van der Waals surface area contributed by atoms with Crippen molar-refractivity contribution in [3.05, 3.63) is 59.9 Å². The van der Waals surface area contributed by atoms with Crippen LogP contribution in [0.1, 0.15) is 10.4 Å². The lowest BCUT2D eigenvalue weighted by Crippen LogP contribution is -2.41. The molecule has 7 nitrogen and oxygen atoms in total. The van der Waals surface area contributed by atoms with Gasteiger partial charge in [0.25, 0.3) is 15.9 Å². The van der Waals surface area contributed by atoms with E-state index in [1.54, 1.807) is 10.1 Å². The number of sulfonamides is 1. The summed E-state index contributed by atoms with van der Waals surface area (Å²) >= 11 is 0. The van der Waals surface area contributed by atoms with Crippen LogP contribution in [0.2, 0.25) is 0 Å². The van der Waals surface area contributed by atoms with Crippen LogP contribution in [-0.4, -0.2) is 26.4 Å². The van der Waals surface area contributed by atoms with Crippen molar-refractivity contribution in [1.82, 2.24) is 10.3 Å². The van der Waals surface area contributed by atoms with Crippen LogP contribution in [0, 0.1) is 5.82 Å². The molecule has 0 aliphatic carbocycles. The molecule has 0 aliphatic rings. The standard InChI is InChI=1S/C15H11F4N3O4S/c16-10-3-1-9(2-4-10)13(23)21-22-27(25,26)12-7-5-11(6-8-12)20-14(24)15(17,18)19/h1-8,22H,(H,20,24)(H,21,23). The van der Waals surface area contributed by atoms with Gasteiger partial charge in [-0.1, -0.05) is 0 Å². The SMILES string of the molecule is O=C(NNS(=O)(=O)c1ccc(NC(=O)C(F)(F)F)cc1)c1ccc(F)cc1. The lowest BCUT2D eigenvalue weighted by atomic mass is 10.2. The van der Waals surface area contributed by atoms with Crippen LogP contribution in [0.25, 0.3) is 0 Å². The van der Waals surface area contributed by atoms with Crippen molar-refractivity contribution in [2.75, 3.05) is 5.32 Å². The van der Waals surface area contributed by atoms with Gasteiger partial charge in [0.15, 0.2) is 0 Å². The molecule has 12 heteroatoms. The molecule has 0 unspecified atom stereocenters. The highest BCUT2D eigenvalue weighted by atomic mass is 32.2. The second kappa shape index (κ2) is 7.72. The number of halogens is 4. The number of alkyl halides is 3. The van der Waals surface area contributed by atoms with Crippen LogP contribution >= 0.6 is 0 Å². The Morgan fingerprint density at radius 1 is 0.889 bits per heavy atom. The summed E-state index contributed by atoms with van der Waals surface area (Å²) in [6.45, 7) is 0. The second-order valence-electron chi connectivity index (χ2n) is 5.04. The third kappa shape index (κ3) is 5.49. The summed E-state index contributed by atoms with van der Waals surface area (Å²) < 4.78 is 73.4. The minimum absolute atomic E-state index is 0.00990. The van der Waals surface area contributed by atoms with E-state index in [9.17, 15) is 35.6 Å². The van der Waals surface area contributed by atoms with Crippen LogP contribution in [0.15, 0.2) is 53.4 Å². The second-order valence-corrected chi connectivity index (χ2v) is 6.73. The number of nitrogens with one attached hydrogen (secondary N) is 3. The minimum Gasteiger partial charge on any atom is -0.318 e. The molecule has 0 bridgehead atoms. The van der Waals surface area contributed by atoms with Gasteiger partial charge in [-0.25, -0.2) is 12.8 Å². The Balaban J connectivity index is 2.03. The van der Waals surface area contributed by atoms with Crippen molar-refractivity contribution in [2.24, 2.45) is 0 Å². The van der Waals surface area contributed by atoms with Crippen molar-refractivity contribution in [3.8, 4) is 0 Å². The highest BCUT2D eigenvalue weighted by Gasteiger charge is 2.38. The Kier molecular flexibility index (Phi) is 5.81. The molecule has 0 spiro atoms. The summed E-state index contributed by atoms with van der Waals surface area (Å²) in [5.74, 6) is -3.64. The summed E-state index contributed by atoms with van der Waals surface area (Å²) in [5, 5.41) is 1.56. The number of hydrogen-bond donors (Lipinski definition) is 3. The van der Waals surface area contributed by atoms with Gasteiger partial charge in [0.05, 0.1) is 4.90 Å². The maximum absolute atomic E-state index is 12.8. The molecule has 0 atom stereocenters. The van der Waals surface area contributed by atoms with E-state index >= 15 is 0 Å². The Morgan fingerprint density at radius 3 is 1.96 bits per heavy atom. The Hall–Kier alpha value is -2.99. The maximum Gasteiger partial charge on any atom is 0.471 e. The third-order valence-electron chi connectivity index (χ3n) is 3.09. The van der Waals surface area contributed by atoms with Crippen LogP contribution in [-0.2, 0) is 14.8 Å². The van der Waals surface area contributed by atoms with Crippen molar-refractivity contribution in [3.63, 3.8) is 0 Å². The number of hydrazine groups is 1. The summed E-state index contributed by atoms with van der Waals surface area (Å²) in [5.41, 5.74) is 1.62. The molecule has 27 heavy (non-hydrogen) atoms. The van der Waals surface area contributed by atoms with Crippen LogP contribution in [0.4, 0.5) is 23.2 Å². The zero-order chi connectivity index (χ0) is 20.2. The molecule has 0 fully saturated rings. The average molecular weight is 405 g/mol. The molecule has 2 amide bonds. The van der Waals surface area contributed by atoms with Gasteiger partial charge in [-0.3, -0.25) is 15.0 Å². The molecular formula is C15H11F4N3O4S. The first-order chi connectivity index (χ1) is 12.5. The molecule has 0 aromatic heterocycles. The molecule has 2 aromatic rings. The average Bonchev–Trinajstić information content (AvgIpc) is 2.60. The number of rotatable bonds is 5. The predicted octanol–water partition coefficient (Wildman–Crippen LogP) is 1.95. The Morgan fingerprint density at radius 2 is 1.44 bits per heavy atom. The van der Waals surface area contributed by atoms with Gasteiger partial charge in [-0.05, 0) is 48.5 Å². The highest BCUT2D eigenvalue weighted by molar-refractivity contribution is 7.89. The summed E-state index contributed by atoms with van der Waals surface area (Å²) in [6.07, 6.45) is -5.09. The first kappa shape index (κ1) is 20.3. The highest BCUT2D eigenvalue weighted by Crippen LogP contribution is 2.19. The van der Waals surface area contributed by atoms with E-state index in [2.05, 4.69) is 0 Å². The number of benzene rings is 2. The zero-order valence-corrected chi connectivity index (χ0v) is 14.0. The fourth-order valence-electron chi connectivity index (χ4n) is 1.77. The zero-order valence-electron chi connectivity index (χ0n) is 13.2. The molecular weight excluding hydrogens is 394 g/mol. The fraction of sp³-hybridized carbons (Fsp3) is 0.0667. The van der Waals surface area contributed by atoms with Gasteiger partial charge in [0.2, 0.25) is 0 Å². The lowest BCUT2D eigenvalue weighted by molar-refractivity contribution is -0.167. The quantitative estimate of drug-likeness (QED) is 0.522. The van der Waals surface area contributed by atoms with Crippen molar-refractivity contribution in [2.45, 2.75) is 11.1 Å². The van der Waals surface area contributed by atoms with Gasteiger partial charge in [0.1, 0.15) is 5.82 Å². The molecule has 0 aliphatic heterocycles. The van der Waals surface area contributed by atoms with Crippen molar-refractivity contribution >= 4 is 27.5 Å². The first-order valence-electron chi connectivity index (χ1n) is 7.05. The molecule has 2 rings (SSSR count). The molecule has 0 heterocycles. The minimum atomic E-state index is -5.09. The van der Waals surface area contributed by atoms with E-state index < -0.39 is 33.8 Å². The van der Waals surface area contributed by atoms with E-state index in [0.717, 1.165) is 48.5 Å². The van der Waals surface area contributed by atoms with E-state index in [4.69, 9.17) is 0 Å².